The van der Waals surface area contributed by atoms with E-state index in [1.165, 1.54) is 23.4 Å². The average Bonchev–Trinajstić information content (AvgIpc) is 2.50. The van der Waals surface area contributed by atoms with Crippen LogP contribution in [0.2, 0.25) is 0 Å². The van der Waals surface area contributed by atoms with Gasteiger partial charge in [0.05, 0.1) is 0 Å². The Labute approximate surface area is 140 Å². The maximum absolute atomic E-state index is 5.80. The van der Waals surface area contributed by atoms with Crippen molar-refractivity contribution in [2.75, 3.05) is 24.6 Å². The predicted molar refractivity (Wildman–Crippen MR) is 96.2 cm³/mol. The molecule has 114 valence electrons. The molecule has 1 aromatic rings. The zero-order valence-corrected chi connectivity index (χ0v) is 14.7. The molecule has 1 aliphatic heterocycles. The molecule has 21 heavy (non-hydrogen) atoms. The molecular weight excluding hydrogens is 346 g/mol. The van der Waals surface area contributed by atoms with Crippen LogP contribution in [0.25, 0.3) is 0 Å². The average molecular weight is 368 g/mol. The Morgan fingerprint density at radius 3 is 2.62 bits per heavy atom. The molecule has 0 bridgehead atoms. The summed E-state index contributed by atoms with van der Waals surface area (Å²) in [6.45, 7) is 10.2. The lowest BCUT2D eigenvalue weighted by Crippen LogP contribution is -2.23. The number of rotatable bonds is 7. The van der Waals surface area contributed by atoms with Crippen molar-refractivity contribution in [1.82, 2.24) is 0 Å². The van der Waals surface area contributed by atoms with Gasteiger partial charge in [-0.2, -0.15) is 0 Å². The van der Waals surface area contributed by atoms with E-state index in [0.717, 1.165) is 30.6 Å². The summed E-state index contributed by atoms with van der Waals surface area (Å²) >= 11 is 5.50. The first-order valence-corrected chi connectivity index (χ1v) is 8.96. The van der Waals surface area contributed by atoms with E-state index in [9.17, 15) is 0 Å². The van der Waals surface area contributed by atoms with Gasteiger partial charge in [0.1, 0.15) is 5.44 Å². The minimum absolute atomic E-state index is 0.290. The van der Waals surface area contributed by atoms with Crippen molar-refractivity contribution < 1.29 is 4.74 Å². The third kappa shape index (κ3) is 4.90. The number of thioether (sulfide) groups is 1. The number of hydrogen-bond acceptors (Lipinski definition) is 3. The smallest absolute Gasteiger partial charge is 0.107 e. The third-order valence-corrected chi connectivity index (χ3v) is 5.54. The molecule has 2 rings (SSSR count). The quantitative estimate of drug-likeness (QED) is 0.610. The Morgan fingerprint density at radius 2 is 2.05 bits per heavy atom. The van der Waals surface area contributed by atoms with Crippen LogP contribution < -0.4 is 4.90 Å². The van der Waals surface area contributed by atoms with E-state index in [1.807, 2.05) is 23.9 Å². The van der Waals surface area contributed by atoms with Crippen LogP contribution >= 0.6 is 27.7 Å². The second kappa shape index (κ2) is 8.66. The first kappa shape index (κ1) is 16.7. The summed E-state index contributed by atoms with van der Waals surface area (Å²) in [6.07, 6.45) is 7.42. The summed E-state index contributed by atoms with van der Waals surface area (Å²) in [5.74, 6) is 0. The molecule has 1 aliphatic rings. The van der Waals surface area contributed by atoms with E-state index in [2.05, 4.69) is 52.2 Å². The van der Waals surface area contributed by atoms with Crippen molar-refractivity contribution in [1.29, 1.82) is 0 Å². The van der Waals surface area contributed by atoms with Gasteiger partial charge in [0.15, 0.2) is 0 Å². The van der Waals surface area contributed by atoms with Crippen LogP contribution in [0.1, 0.15) is 19.3 Å². The lowest BCUT2D eigenvalue weighted by molar-refractivity contribution is 0.0728. The molecule has 0 aliphatic carbocycles. The standard InChI is InChI=1S/C17H22BrNOS/c1-3-10-19(11-4-2)14-8-9-16(15(18)13-14)21-17-7-5-6-12-20-17/h3-4,8-9,13,17H,1-2,5-7,10-12H2. The van der Waals surface area contributed by atoms with Crippen molar-refractivity contribution in [2.45, 2.75) is 29.6 Å². The van der Waals surface area contributed by atoms with Gasteiger partial charge in [-0.1, -0.05) is 23.9 Å². The Morgan fingerprint density at radius 1 is 1.29 bits per heavy atom. The Bertz CT molecular complexity index is 476. The second-order valence-corrected chi connectivity index (χ2v) is 7.07. The van der Waals surface area contributed by atoms with E-state index < -0.39 is 0 Å². The highest BCUT2D eigenvalue weighted by molar-refractivity contribution is 9.10. The molecular formula is C17H22BrNOS. The molecule has 0 amide bonds. The van der Waals surface area contributed by atoms with Crippen molar-refractivity contribution in [3.8, 4) is 0 Å². The highest BCUT2D eigenvalue weighted by atomic mass is 79.9. The fraction of sp³-hybridized carbons (Fsp3) is 0.412. The summed E-state index contributed by atoms with van der Waals surface area (Å²) in [7, 11) is 0. The van der Waals surface area contributed by atoms with Crippen molar-refractivity contribution in [2.24, 2.45) is 0 Å². The highest BCUT2D eigenvalue weighted by Gasteiger charge is 2.17. The number of anilines is 1. The van der Waals surface area contributed by atoms with Crippen LogP contribution in [0.15, 0.2) is 52.9 Å². The van der Waals surface area contributed by atoms with E-state index in [1.54, 1.807) is 0 Å². The monoisotopic (exact) mass is 367 g/mol. The number of nitrogens with zero attached hydrogens (tertiary/aromatic N) is 1. The maximum Gasteiger partial charge on any atom is 0.107 e. The van der Waals surface area contributed by atoms with Gasteiger partial charge in [0, 0.05) is 34.8 Å². The van der Waals surface area contributed by atoms with Gasteiger partial charge in [0.25, 0.3) is 0 Å². The third-order valence-electron chi connectivity index (χ3n) is 3.38. The molecule has 0 aromatic heterocycles. The first-order chi connectivity index (χ1) is 10.2. The first-order valence-electron chi connectivity index (χ1n) is 7.29. The summed E-state index contributed by atoms with van der Waals surface area (Å²) in [6, 6.07) is 6.49. The predicted octanol–water partition coefficient (Wildman–Crippen LogP) is 5.25. The molecule has 1 saturated heterocycles. The molecule has 0 radical (unpaired) electrons. The minimum Gasteiger partial charge on any atom is -0.367 e. The number of hydrogen-bond donors (Lipinski definition) is 0. The Kier molecular flexibility index (Phi) is 6.87. The largest absolute Gasteiger partial charge is 0.367 e. The van der Waals surface area contributed by atoms with Crippen LogP contribution in [-0.2, 0) is 4.74 Å². The van der Waals surface area contributed by atoms with Crippen molar-refractivity contribution in [3.63, 3.8) is 0 Å². The summed E-state index contributed by atoms with van der Waals surface area (Å²) < 4.78 is 6.92. The summed E-state index contributed by atoms with van der Waals surface area (Å²) in [4.78, 5) is 3.47. The Balaban J connectivity index is 2.08. The van der Waals surface area contributed by atoms with Crippen LogP contribution in [0.5, 0.6) is 0 Å². The topological polar surface area (TPSA) is 12.5 Å². The summed E-state index contributed by atoms with van der Waals surface area (Å²) in [5.41, 5.74) is 1.47. The fourth-order valence-corrected chi connectivity index (χ4v) is 4.02. The molecule has 2 nitrogen and oxygen atoms in total. The van der Waals surface area contributed by atoms with Gasteiger partial charge in [-0.05, 0) is 53.4 Å². The van der Waals surface area contributed by atoms with Gasteiger partial charge in [0.2, 0.25) is 0 Å². The zero-order chi connectivity index (χ0) is 15.1. The van der Waals surface area contributed by atoms with Crippen LogP contribution in [0, 0.1) is 0 Å². The van der Waals surface area contributed by atoms with Gasteiger partial charge in [-0.15, -0.1) is 13.2 Å². The number of benzene rings is 1. The summed E-state index contributed by atoms with van der Waals surface area (Å²) in [5, 5.41) is 0. The highest BCUT2D eigenvalue weighted by Crippen LogP contribution is 2.36. The molecule has 1 aromatic carbocycles. The van der Waals surface area contributed by atoms with Crippen LogP contribution in [0.4, 0.5) is 5.69 Å². The zero-order valence-electron chi connectivity index (χ0n) is 12.3. The molecule has 0 N–H and O–H groups in total. The van der Waals surface area contributed by atoms with Gasteiger partial charge in [-0.3, -0.25) is 0 Å². The van der Waals surface area contributed by atoms with Crippen molar-refractivity contribution >= 4 is 33.4 Å². The van der Waals surface area contributed by atoms with Gasteiger partial charge >= 0.3 is 0 Å². The lowest BCUT2D eigenvalue weighted by atomic mass is 10.2. The molecule has 0 saturated carbocycles. The molecule has 4 heteroatoms. The Hall–Kier alpha value is -0.710. The van der Waals surface area contributed by atoms with E-state index in [0.29, 0.717) is 5.44 Å². The molecule has 1 atom stereocenters. The second-order valence-electron chi connectivity index (χ2n) is 5.01. The van der Waals surface area contributed by atoms with E-state index in [4.69, 9.17) is 4.74 Å². The molecule has 0 spiro atoms. The minimum atomic E-state index is 0.290. The normalized spacial score (nSPS) is 18.2. The molecule has 1 unspecified atom stereocenters. The molecule has 1 heterocycles. The maximum atomic E-state index is 5.80. The number of ether oxygens (including phenoxy) is 1. The van der Waals surface area contributed by atoms with Crippen LogP contribution in [-0.4, -0.2) is 25.1 Å². The van der Waals surface area contributed by atoms with Crippen LogP contribution in [0.3, 0.4) is 0 Å². The van der Waals surface area contributed by atoms with E-state index >= 15 is 0 Å². The molecule has 1 fully saturated rings. The van der Waals surface area contributed by atoms with E-state index in [-0.39, 0.29) is 0 Å². The lowest BCUT2D eigenvalue weighted by Gasteiger charge is -2.24. The SMILES string of the molecule is C=CCN(CC=C)c1ccc(SC2CCCCO2)c(Br)c1. The van der Waals surface area contributed by atoms with Crippen molar-refractivity contribution in [3.05, 3.63) is 48.0 Å². The fourth-order valence-electron chi connectivity index (χ4n) is 2.32. The van der Waals surface area contributed by atoms with Gasteiger partial charge < -0.3 is 9.64 Å². The van der Waals surface area contributed by atoms with Gasteiger partial charge in [-0.25, -0.2) is 0 Å². The number of halogens is 1.